The second kappa shape index (κ2) is 4.46. The van der Waals surface area contributed by atoms with Gasteiger partial charge in [-0.15, -0.1) is 0 Å². The molecular formula is C9H8ClFN4O2S. The van der Waals surface area contributed by atoms with E-state index in [0.29, 0.717) is 0 Å². The number of aromatic nitrogens is 2. The summed E-state index contributed by atoms with van der Waals surface area (Å²) in [6.07, 6.45) is 1.24. The van der Waals surface area contributed by atoms with Crippen LogP contribution >= 0.6 is 11.6 Å². The Balaban J connectivity index is 2.43. The monoisotopic (exact) mass is 290 g/mol. The summed E-state index contributed by atoms with van der Waals surface area (Å²) in [5, 5.41) is 5.82. The van der Waals surface area contributed by atoms with Gasteiger partial charge >= 0.3 is 0 Å². The summed E-state index contributed by atoms with van der Waals surface area (Å²) in [5.41, 5.74) is 5.58. The van der Waals surface area contributed by atoms with Gasteiger partial charge < -0.3 is 5.73 Å². The SMILES string of the molecule is Nc1cn[nH]c1NS(=O)(=O)c1cc(F)ccc1Cl. The maximum absolute atomic E-state index is 13.0. The lowest BCUT2D eigenvalue weighted by Crippen LogP contribution is -2.15. The third-order valence-corrected chi connectivity index (χ3v) is 3.92. The van der Waals surface area contributed by atoms with Gasteiger partial charge in [0.15, 0.2) is 5.82 Å². The van der Waals surface area contributed by atoms with Crippen molar-refractivity contribution in [2.45, 2.75) is 4.90 Å². The van der Waals surface area contributed by atoms with Gasteiger partial charge in [-0.3, -0.25) is 9.82 Å². The Kier molecular flexibility index (Phi) is 3.14. The number of aromatic amines is 1. The predicted octanol–water partition coefficient (Wildman–Crippen LogP) is 1.59. The number of anilines is 2. The van der Waals surface area contributed by atoms with Gasteiger partial charge in [-0.05, 0) is 18.2 Å². The highest BCUT2D eigenvalue weighted by molar-refractivity contribution is 7.92. The van der Waals surface area contributed by atoms with Crippen LogP contribution in [0.4, 0.5) is 15.9 Å². The lowest BCUT2D eigenvalue weighted by molar-refractivity contribution is 0.595. The summed E-state index contributed by atoms with van der Waals surface area (Å²) in [5.74, 6) is -0.715. The fourth-order valence-electron chi connectivity index (χ4n) is 1.25. The van der Waals surface area contributed by atoms with Crippen molar-refractivity contribution in [3.63, 3.8) is 0 Å². The van der Waals surface area contributed by atoms with Crippen LogP contribution in [-0.2, 0) is 10.0 Å². The molecule has 0 bridgehead atoms. The van der Waals surface area contributed by atoms with Crippen molar-refractivity contribution in [3.8, 4) is 0 Å². The number of halogens is 2. The molecule has 0 saturated carbocycles. The van der Waals surface area contributed by atoms with Gasteiger partial charge in [0.25, 0.3) is 10.0 Å². The van der Waals surface area contributed by atoms with Crippen LogP contribution in [0.1, 0.15) is 0 Å². The average molecular weight is 291 g/mol. The van der Waals surface area contributed by atoms with Crippen molar-refractivity contribution >= 4 is 33.1 Å². The van der Waals surface area contributed by atoms with E-state index in [1.54, 1.807) is 0 Å². The molecule has 9 heteroatoms. The van der Waals surface area contributed by atoms with E-state index in [-0.39, 0.29) is 21.4 Å². The van der Waals surface area contributed by atoms with Gasteiger partial charge in [0.2, 0.25) is 0 Å². The van der Waals surface area contributed by atoms with E-state index < -0.39 is 15.8 Å². The Morgan fingerprint density at radius 3 is 2.78 bits per heavy atom. The summed E-state index contributed by atoms with van der Waals surface area (Å²) >= 11 is 5.72. The van der Waals surface area contributed by atoms with E-state index in [2.05, 4.69) is 14.9 Å². The number of benzene rings is 1. The molecule has 96 valence electrons. The summed E-state index contributed by atoms with van der Waals surface area (Å²) in [6, 6.07) is 3.03. The van der Waals surface area contributed by atoms with E-state index in [0.717, 1.165) is 18.2 Å². The lowest BCUT2D eigenvalue weighted by atomic mass is 10.3. The molecule has 1 aromatic heterocycles. The van der Waals surface area contributed by atoms with Crippen LogP contribution in [0.3, 0.4) is 0 Å². The molecule has 0 radical (unpaired) electrons. The van der Waals surface area contributed by atoms with Crippen LogP contribution in [0.2, 0.25) is 5.02 Å². The molecule has 0 aliphatic carbocycles. The number of nitrogens with one attached hydrogen (secondary N) is 2. The van der Waals surface area contributed by atoms with Crippen molar-refractivity contribution < 1.29 is 12.8 Å². The topological polar surface area (TPSA) is 101 Å². The Bertz CT molecular complexity index is 686. The van der Waals surface area contributed by atoms with Crippen LogP contribution in [0.15, 0.2) is 29.3 Å². The van der Waals surface area contributed by atoms with E-state index >= 15 is 0 Å². The number of hydrogen-bond acceptors (Lipinski definition) is 4. The molecule has 0 saturated heterocycles. The van der Waals surface area contributed by atoms with Crippen molar-refractivity contribution in [2.24, 2.45) is 0 Å². The van der Waals surface area contributed by atoms with Crippen molar-refractivity contribution in [3.05, 3.63) is 35.2 Å². The summed E-state index contributed by atoms with van der Waals surface area (Å²) in [6.45, 7) is 0. The molecule has 1 heterocycles. The number of nitrogens with zero attached hydrogens (tertiary/aromatic N) is 1. The lowest BCUT2D eigenvalue weighted by Gasteiger charge is -2.08. The zero-order chi connectivity index (χ0) is 13.3. The largest absolute Gasteiger partial charge is 0.394 e. The van der Waals surface area contributed by atoms with Crippen LogP contribution in [0.5, 0.6) is 0 Å². The minimum atomic E-state index is -4.03. The van der Waals surface area contributed by atoms with Crippen molar-refractivity contribution in [1.29, 1.82) is 0 Å². The van der Waals surface area contributed by atoms with Crippen LogP contribution in [0.25, 0.3) is 0 Å². The van der Waals surface area contributed by atoms with E-state index in [9.17, 15) is 12.8 Å². The predicted molar refractivity (Wildman–Crippen MR) is 65.2 cm³/mol. The molecule has 6 nitrogen and oxygen atoms in total. The van der Waals surface area contributed by atoms with Gasteiger partial charge in [-0.25, -0.2) is 12.8 Å². The first kappa shape index (κ1) is 12.7. The smallest absolute Gasteiger partial charge is 0.264 e. The first-order chi connectivity index (χ1) is 8.40. The number of H-pyrrole nitrogens is 1. The zero-order valence-electron chi connectivity index (χ0n) is 8.81. The summed E-state index contributed by atoms with van der Waals surface area (Å²) < 4.78 is 39.1. The van der Waals surface area contributed by atoms with E-state index in [4.69, 9.17) is 17.3 Å². The Labute approximate surface area is 107 Å². The van der Waals surface area contributed by atoms with Gasteiger partial charge in [0.1, 0.15) is 10.7 Å². The molecule has 0 spiro atoms. The Morgan fingerprint density at radius 2 is 2.17 bits per heavy atom. The molecule has 0 unspecified atom stereocenters. The molecule has 1 aromatic carbocycles. The quantitative estimate of drug-likeness (QED) is 0.799. The van der Waals surface area contributed by atoms with Crippen molar-refractivity contribution in [2.75, 3.05) is 10.5 Å². The van der Waals surface area contributed by atoms with Crippen LogP contribution < -0.4 is 10.5 Å². The molecule has 0 aliphatic rings. The molecular weight excluding hydrogens is 283 g/mol. The highest BCUT2D eigenvalue weighted by Crippen LogP contribution is 2.25. The fourth-order valence-corrected chi connectivity index (χ4v) is 2.81. The number of rotatable bonds is 3. The average Bonchev–Trinajstić information content (AvgIpc) is 2.67. The second-order valence-electron chi connectivity index (χ2n) is 3.38. The number of sulfonamides is 1. The molecule has 0 fully saturated rings. The normalized spacial score (nSPS) is 11.4. The third kappa shape index (κ3) is 2.39. The van der Waals surface area contributed by atoms with E-state index in [1.165, 1.54) is 6.20 Å². The van der Waals surface area contributed by atoms with Gasteiger partial charge in [0, 0.05) is 0 Å². The molecule has 2 aromatic rings. The highest BCUT2D eigenvalue weighted by atomic mass is 35.5. The third-order valence-electron chi connectivity index (χ3n) is 2.09. The first-order valence-electron chi connectivity index (χ1n) is 4.67. The minimum Gasteiger partial charge on any atom is -0.394 e. The zero-order valence-corrected chi connectivity index (χ0v) is 10.4. The molecule has 0 atom stereocenters. The number of nitrogens with two attached hydrogens (primary N) is 1. The second-order valence-corrected chi connectivity index (χ2v) is 5.44. The highest BCUT2D eigenvalue weighted by Gasteiger charge is 2.20. The maximum atomic E-state index is 13.0. The summed E-state index contributed by atoms with van der Waals surface area (Å²) in [7, 11) is -4.03. The van der Waals surface area contributed by atoms with E-state index in [1.807, 2.05) is 0 Å². The maximum Gasteiger partial charge on any atom is 0.264 e. The molecule has 0 amide bonds. The van der Waals surface area contributed by atoms with Gasteiger partial charge in [-0.2, -0.15) is 5.10 Å². The Hall–Kier alpha value is -1.80. The van der Waals surface area contributed by atoms with Gasteiger partial charge in [-0.1, -0.05) is 11.6 Å². The van der Waals surface area contributed by atoms with Crippen molar-refractivity contribution in [1.82, 2.24) is 10.2 Å². The van der Waals surface area contributed by atoms with Gasteiger partial charge in [0.05, 0.1) is 16.9 Å². The molecule has 2 rings (SSSR count). The fraction of sp³-hybridized carbons (Fsp3) is 0. The molecule has 4 N–H and O–H groups in total. The minimum absolute atomic E-state index is 0.00433. The molecule has 18 heavy (non-hydrogen) atoms. The molecule has 0 aliphatic heterocycles. The number of hydrogen-bond donors (Lipinski definition) is 3. The Morgan fingerprint density at radius 1 is 1.44 bits per heavy atom. The van der Waals surface area contributed by atoms with Crippen LogP contribution in [0, 0.1) is 5.82 Å². The summed E-state index contributed by atoms with van der Waals surface area (Å²) in [4.78, 5) is -0.377. The number of nitrogen functional groups attached to an aromatic ring is 1. The first-order valence-corrected chi connectivity index (χ1v) is 6.53. The standard InChI is InChI=1S/C9H8ClFN4O2S/c10-6-2-1-5(11)3-8(6)18(16,17)15-9-7(12)4-13-14-9/h1-4H,12H2,(H2,13,14,15). The van der Waals surface area contributed by atoms with Crippen LogP contribution in [-0.4, -0.2) is 18.6 Å².